The molecule has 1 aromatic heterocycles. The van der Waals surface area contributed by atoms with Gasteiger partial charge >= 0.3 is 145 Å². The third-order valence-corrected chi connectivity index (χ3v) is 7.40. The second kappa shape index (κ2) is 5.88. The van der Waals surface area contributed by atoms with Gasteiger partial charge in [0.2, 0.25) is 0 Å². The van der Waals surface area contributed by atoms with Gasteiger partial charge in [-0.25, -0.2) is 0 Å². The summed E-state index contributed by atoms with van der Waals surface area (Å²) in [6, 6.07) is 16.8. The number of aryl methyl sites for hydroxylation is 1. The van der Waals surface area contributed by atoms with Gasteiger partial charge in [-0.2, -0.15) is 0 Å². The monoisotopic (exact) mass is 419 g/mol. The number of benzene rings is 2. The summed E-state index contributed by atoms with van der Waals surface area (Å²) in [5, 5.41) is 0. The van der Waals surface area contributed by atoms with Gasteiger partial charge in [-0.05, 0) is 0 Å². The van der Waals surface area contributed by atoms with Crippen LogP contribution in [0.4, 0.5) is 5.69 Å². The molecule has 4 heteroatoms. The summed E-state index contributed by atoms with van der Waals surface area (Å²) in [5.41, 5.74) is 2.46. The average molecular weight is 417 g/mol. The van der Waals surface area contributed by atoms with Gasteiger partial charge in [-0.1, -0.05) is 0 Å². The van der Waals surface area contributed by atoms with Gasteiger partial charge < -0.3 is 0 Å². The van der Waals surface area contributed by atoms with Crippen LogP contribution in [0.3, 0.4) is 0 Å². The van der Waals surface area contributed by atoms with E-state index in [4.69, 9.17) is 4.74 Å². The molecular formula is C19H17N2OTe+. The summed E-state index contributed by atoms with van der Waals surface area (Å²) in [5.74, 6) is 1.78. The van der Waals surface area contributed by atoms with E-state index in [2.05, 4.69) is 59.0 Å². The molecule has 0 unspecified atom stereocenters. The van der Waals surface area contributed by atoms with E-state index < -0.39 is 0 Å². The van der Waals surface area contributed by atoms with Crippen LogP contribution in [0.5, 0.6) is 5.75 Å². The fourth-order valence-electron chi connectivity index (χ4n) is 2.75. The molecule has 0 atom stereocenters. The van der Waals surface area contributed by atoms with Crippen molar-refractivity contribution in [3.63, 3.8) is 0 Å². The van der Waals surface area contributed by atoms with Gasteiger partial charge in [0.05, 0.1) is 0 Å². The van der Waals surface area contributed by atoms with Crippen molar-refractivity contribution in [3.05, 3.63) is 70.3 Å². The van der Waals surface area contributed by atoms with Crippen molar-refractivity contribution in [1.82, 2.24) is 0 Å². The molecule has 0 amide bonds. The second-order valence-electron chi connectivity index (χ2n) is 5.46. The maximum absolute atomic E-state index is 5.90. The predicted octanol–water partition coefficient (Wildman–Crippen LogP) is 3.10. The first-order chi connectivity index (χ1) is 11.2. The first kappa shape index (κ1) is 14.6. The van der Waals surface area contributed by atoms with E-state index >= 15 is 0 Å². The Balaban J connectivity index is 1.61. The van der Waals surface area contributed by atoms with Crippen LogP contribution in [-0.4, -0.2) is 27.5 Å². The summed E-state index contributed by atoms with van der Waals surface area (Å²) in [4.78, 5) is 2.08. The van der Waals surface area contributed by atoms with Crippen molar-refractivity contribution in [1.29, 1.82) is 0 Å². The Kier molecular flexibility index (Phi) is 3.72. The van der Waals surface area contributed by atoms with E-state index in [1.807, 2.05) is 31.3 Å². The normalized spacial score (nSPS) is 15.6. The molecule has 2 aromatic carbocycles. The van der Waals surface area contributed by atoms with Crippen LogP contribution in [0, 0.1) is 0 Å². The molecule has 0 saturated heterocycles. The Morgan fingerprint density at radius 1 is 1.09 bits per heavy atom. The molecule has 0 aliphatic carbocycles. The Morgan fingerprint density at radius 3 is 2.70 bits per heavy atom. The first-order valence-corrected chi connectivity index (χ1v) is 9.83. The Morgan fingerprint density at radius 2 is 1.87 bits per heavy atom. The summed E-state index contributed by atoms with van der Waals surface area (Å²) in [6.07, 6.45) is 6.35. The van der Waals surface area contributed by atoms with Crippen LogP contribution in [-0.2, 0) is 7.05 Å². The van der Waals surface area contributed by atoms with Gasteiger partial charge in [0.1, 0.15) is 0 Å². The van der Waals surface area contributed by atoms with Gasteiger partial charge in [-0.15, -0.1) is 0 Å². The summed E-state index contributed by atoms with van der Waals surface area (Å²) < 4.78 is 11.1. The van der Waals surface area contributed by atoms with Crippen molar-refractivity contribution in [3.8, 4) is 5.75 Å². The molecule has 2 heterocycles. The molecule has 1 aliphatic heterocycles. The number of ether oxygens (including phenoxy) is 1. The Bertz CT molecular complexity index is 939. The average Bonchev–Trinajstić information content (AvgIpc) is 3.07. The third-order valence-electron chi connectivity index (χ3n) is 4.02. The number of aromatic nitrogens is 1. The summed E-state index contributed by atoms with van der Waals surface area (Å²) >= 11 is -0.291. The zero-order chi connectivity index (χ0) is 15.8. The number of hydrogen-bond acceptors (Lipinski definition) is 2. The molecule has 0 spiro atoms. The van der Waals surface area contributed by atoms with Crippen molar-refractivity contribution in [2.24, 2.45) is 7.05 Å². The van der Waals surface area contributed by atoms with Crippen molar-refractivity contribution in [2.45, 2.75) is 0 Å². The van der Waals surface area contributed by atoms with Crippen LogP contribution in [0.25, 0.3) is 15.0 Å². The number of allylic oxidation sites excluding steroid dienone is 2. The van der Waals surface area contributed by atoms with Crippen molar-refractivity contribution >= 4 is 41.1 Å². The summed E-state index contributed by atoms with van der Waals surface area (Å²) in [6.45, 7) is 0. The number of rotatable bonds is 2. The summed E-state index contributed by atoms with van der Waals surface area (Å²) in [7, 11) is 4.18. The SMILES string of the molecule is CN1/C(=C/C=C/c2[te]c3ccccc3[n+]2C)Oc2ccccc21. The third kappa shape index (κ3) is 2.59. The van der Waals surface area contributed by atoms with E-state index in [9.17, 15) is 0 Å². The molecule has 0 fully saturated rings. The van der Waals surface area contributed by atoms with E-state index in [-0.39, 0.29) is 20.4 Å². The molecule has 0 radical (unpaired) electrons. The Labute approximate surface area is 145 Å². The van der Waals surface area contributed by atoms with Crippen LogP contribution in [0.2, 0.25) is 0 Å². The minimum absolute atomic E-state index is 0.291. The van der Waals surface area contributed by atoms with Crippen LogP contribution in [0.15, 0.2) is 66.6 Å². The molecule has 1 aliphatic rings. The predicted molar refractivity (Wildman–Crippen MR) is 94.7 cm³/mol. The standard InChI is InChI=1S/C19H17N2OTe/c1-20-14-8-3-5-10-16(14)22-18(20)12-7-13-19-21(2)15-9-4-6-11-17(15)23-19/h3-13H,1-2H3/q+1. The molecule has 0 saturated carbocycles. The second-order valence-corrected chi connectivity index (χ2v) is 8.49. The van der Waals surface area contributed by atoms with E-state index in [1.165, 1.54) is 12.6 Å². The van der Waals surface area contributed by atoms with Crippen LogP contribution >= 0.6 is 0 Å². The number of hydrogen-bond donors (Lipinski definition) is 0. The fourth-order valence-corrected chi connectivity index (χ4v) is 5.78. The van der Waals surface area contributed by atoms with Crippen LogP contribution in [0.1, 0.15) is 3.71 Å². The molecule has 3 nitrogen and oxygen atoms in total. The van der Waals surface area contributed by atoms with Crippen molar-refractivity contribution < 1.29 is 9.30 Å². The van der Waals surface area contributed by atoms with E-state index in [0.29, 0.717) is 0 Å². The molecule has 114 valence electrons. The maximum atomic E-state index is 5.90. The number of nitrogens with zero attached hydrogens (tertiary/aromatic N) is 2. The first-order valence-electron chi connectivity index (χ1n) is 7.50. The van der Waals surface area contributed by atoms with Crippen molar-refractivity contribution in [2.75, 3.05) is 11.9 Å². The molecule has 3 aromatic rings. The number of fused-ring (bicyclic) bond motifs is 2. The molecule has 4 rings (SSSR count). The molecule has 23 heavy (non-hydrogen) atoms. The van der Waals surface area contributed by atoms with Gasteiger partial charge in [0.25, 0.3) is 0 Å². The topological polar surface area (TPSA) is 16.4 Å². The van der Waals surface area contributed by atoms with Gasteiger partial charge in [0, 0.05) is 0 Å². The van der Waals surface area contributed by atoms with Crippen LogP contribution < -0.4 is 14.2 Å². The minimum atomic E-state index is -0.291. The molecular weight excluding hydrogens is 400 g/mol. The van der Waals surface area contributed by atoms with Gasteiger partial charge in [0.15, 0.2) is 0 Å². The number of anilines is 1. The zero-order valence-corrected chi connectivity index (χ0v) is 15.4. The van der Waals surface area contributed by atoms with E-state index in [0.717, 1.165) is 17.3 Å². The van der Waals surface area contributed by atoms with E-state index in [1.54, 1.807) is 0 Å². The molecule has 0 N–H and O–H groups in total. The zero-order valence-electron chi connectivity index (χ0n) is 13.1. The number of para-hydroxylation sites is 3. The quantitative estimate of drug-likeness (QED) is 0.471. The van der Waals surface area contributed by atoms with Gasteiger partial charge in [-0.3, -0.25) is 0 Å². The molecule has 0 bridgehead atoms. The fraction of sp³-hybridized carbons (Fsp3) is 0.105. The Hall–Kier alpha value is -2.02.